The number of hydrogen-bond donors (Lipinski definition) is 2. The van der Waals surface area contributed by atoms with E-state index in [1.54, 1.807) is 0 Å². The zero-order chi connectivity index (χ0) is 19.2. The Kier molecular flexibility index (Phi) is 6.15. The second kappa shape index (κ2) is 8.74. The minimum Gasteiger partial charge on any atom is -0.349 e. The molecule has 1 aromatic carbocycles. The van der Waals surface area contributed by atoms with Gasteiger partial charge in [0.05, 0.1) is 16.3 Å². The van der Waals surface area contributed by atoms with Crippen LogP contribution in [0.4, 0.5) is 10.7 Å². The summed E-state index contributed by atoms with van der Waals surface area (Å²) in [5, 5.41) is 16.5. The number of anilines is 1. The number of likely N-dealkylation sites (tertiary alicyclic amines) is 1. The highest BCUT2D eigenvalue weighted by molar-refractivity contribution is 7.17. The molecule has 1 saturated heterocycles. The van der Waals surface area contributed by atoms with Crippen molar-refractivity contribution in [3.8, 4) is 0 Å². The SMILES string of the molecule is O=C(CN1CCC(NC(=O)c2ccc([N+](=O)[O-])s2)CC1)Nc1ccccc1. The van der Waals surface area contributed by atoms with Crippen LogP contribution in [0.1, 0.15) is 22.5 Å². The maximum absolute atomic E-state index is 12.2. The Hall–Kier alpha value is -2.78. The first-order chi connectivity index (χ1) is 13.0. The van der Waals surface area contributed by atoms with E-state index < -0.39 is 4.92 Å². The van der Waals surface area contributed by atoms with Crippen LogP contribution in [0.2, 0.25) is 0 Å². The van der Waals surface area contributed by atoms with Gasteiger partial charge in [-0.25, -0.2) is 0 Å². The molecule has 1 aliphatic rings. The molecule has 3 rings (SSSR count). The molecule has 8 nitrogen and oxygen atoms in total. The topological polar surface area (TPSA) is 105 Å². The number of benzene rings is 1. The third-order valence-corrected chi connectivity index (χ3v) is 5.38. The molecule has 0 unspecified atom stereocenters. The molecular weight excluding hydrogens is 368 g/mol. The Labute approximate surface area is 160 Å². The summed E-state index contributed by atoms with van der Waals surface area (Å²) >= 11 is 0.873. The fourth-order valence-electron chi connectivity index (χ4n) is 2.96. The van der Waals surface area contributed by atoms with Crippen molar-refractivity contribution in [2.24, 2.45) is 0 Å². The molecule has 9 heteroatoms. The van der Waals surface area contributed by atoms with Crippen LogP contribution in [-0.2, 0) is 4.79 Å². The zero-order valence-electron chi connectivity index (χ0n) is 14.6. The fourth-order valence-corrected chi connectivity index (χ4v) is 3.69. The van der Waals surface area contributed by atoms with E-state index in [0.717, 1.165) is 29.9 Å². The van der Waals surface area contributed by atoms with Gasteiger partial charge >= 0.3 is 5.00 Å². The summed E-state index contributed by atoms with van der Waals surface area (Å²) in [6.07, 6.45) is 1.47. The molecule has 2 heterocycles. The number of nitrogens with zero attached hydrogens (tertiary/aromatic N) is 2. The summed E-state index contributed by atoms with van der Waals surface area (Å²) < 4.78 is 0. The molecule has 0 saturated carbocycles. The molecule has 0 bridgehead atoms. The molecule has 1 aromatic heterocycles. The van der Waals surface area contributed by atoms with E-state index in [2.05, 4.69) is 15.5 Å². The Balaban J connectivity index is 1.42. The fraction of sp³-hybridized carbons (Fsp3) is 0.333. The first-order valence-corrected chi connectivity index (χ1v) is 9.45. The first kappa shape index (κ1) is 19.0. The Bertz CT molecular complexity index is 816. The average Bonchev–Trinajstić information content (AvgIpc) is 3.15. The zero-order valence-corrected chi connectivity index (χ0v) is 15.4. The highest BCUT2D eigenvalue weighted by atomic mass is 32.1. The minimum absolute atomic E-state index is 0.00657. The third kappa shape index (κ3) is 5.35. The van der Waals surface area contributed by atoms with Crippen LogP contribution < -0.4 is 10.6 Å². The number of carbonyl (C=O) groups excluding carboxylic acids is 2. The van der Waals surface area contributed by atoms with Crippen LogP contribution in [0.15, 0.2) is 42.5 Å². The summed E-state index contributed by atoms with van der Waals surface area (Å²) in [4.78, 5) is 36.9. The van der Waals surface area contributed by atoms with Gasteiger partial charge in [-0.15, -0.1) is 0 Å². The van der Waals surface area contributed by atoms with E-state index in [4.69, 9.17) is 0 Å². The summed E-state index contributed by atoms with van der Waals surface area (Å²) in [5.41, 5.74) is 0.773. The number of carbonyl (C=O) groups is 2. The Morgan fingerprint density at radius 3 is 2.48 bits per heavy atom. The predicted octanol–water partition coefficient (Wildman–Crippen LogP) is 2.49. The quantitative estimate of drug-likeness (QED) is 0.584. The molecule has 2 amide bonds. The predicted molar refractivity (Wildman–Crippen MR) is 103 cm³/mol. The molecule has 0 atom stereocenters. The second-order valence-electron chi connectivity index (χ2n) is 6.33. The van der Waals surface area contributed by atoms with E-state index in [1.807, 2.05) is 30.3 Å². The number of thiophene rings is 1. The first-order valence-electron chi connectivity index (χ1n) is 8.63. The number of amides is 2. The van der Waals surface area contributed by atoms with Crippen LogP contribution in [-0.4, -0.2) is 47.3 Å². The van der Waals surface area contributed by atoms with Crippen LogP contribution in [0.5, 0.6) is 0 Å². The Morgan fingerprint density at radius 1 is 1.15 bits per heavy atom. The van der Waals surface area contributed by atoms with Gasteiger partial charge in [0, 0.05) is 30.9 Å². The van der Waals surface area contributed by atoms with E-state index in [-0.39, 0.29) is 22.9 Å². The molecule has 142 valence electrons. The van der Waals surface area contributed by atoms with Gasteiger partial charge in [-0.05, 0) is 31.0 Å². The molecule has 0 radical (unpaired) electrons. The van der Waals surface area contributed by atoms with Crippen LogP contribution in [0.3, 0.4) is 0 Å². The second-order valence-corrected chi connectivity index (χ2v) is 7.40. The van der Waals surface area contributed by atoms with Crippen molar-refractivity contribution < 1.29 is 14.5 Å². The number of piperidine rings is 1. The molecule has 27 heavy (non-hydrogen) atoms. The minimum atomic E-state index is -0.500. The molecule has 0 spiro atoms. The van der Waals surface area contributed by atoms with E-state index >= 15 is 0 Å². The lowest BCUT2D eigenvalue weighted by Crippen LogP contribution is -2.46. The normalized spacial score (nSPS) is 15.3. The summed E-state index contributed by atoms with van der Waals surface area (Å²) in [7, 11) is 0. The van der Waals surface area contributed by atoms with E-state index in [1.165, 1.54) is 12.1 Å². The van der Waals surface area contributed by atoms with Crippen molar-refractivity contribution in [1.82, 2.24) is 10.2 Å². The van der Waals surface area contributed by atoms with Crippen molar-refractivity contribution in [2.75, 3.05) is 25.0 Å². The van der Waals surface area contributed by atoms with Crippen molar-refractivity contribution >= 4 is 33.8 Å². The van der Waals surface area contributed by atoms with Gasteiger partial charge in [-0.2, -0.15) is 0 Å². The van der Waals surface area contributed by atoms with Crippen LogP contribution in [0.25, 0.3) is 0 Å². The van der Waals surface area contributed by atoms with Crippen molar-refractivity contribution in [3.63, 3.8) is 0 Å². The highest BCUT2D eigenvalue weighted by Gasteiger charge is 2.23. The van der Waals surface area contributed by atoms with Gasteiger partial charge in [0.25, 0.3) is 5.91 Å². The lowest BCUT2D eigenvalue weighted by Gasteiger charge is -2.31. The standard InChI is InChI=1S/C18H20N4O4S/c23-16(19-13-4-2-1-3-5-13)12-21-10-8-14(9-11-21)20-18(24)15-6-7-17(27-15)22(25)26/h1-7,14H,8-12H2,(H,19,23)(H,20,24). The monoisotopic (exact) mass is 388 g/mol. The van der Waals surface area contributed by atoms with Gasteiger partial charge in [0.15, 0.2) is 0 Å². The van der Waals surface area contributed by atoms with E-state index in [9.17, 15) is 19.7 Å². The van der Waals surface area contributed by atoms with Crippen molar-refractivity contribution in [2.45, 2.75) is 18.9 Å². The van der Waals surface area contributed by atoms with E-state index in [0.29, 0.717) is 24.5 Å². The van der Waals surface area contributed by atoms with Gasteiger partial charge in [0.2, 0.25) is 5.91 Å². The number of nitrogens with one attached hydrogen (secondary N) is 2. The number of hydrogen-bond acceptors (Lipinski definition) is 6. The maximum atomic E-state index is 12.2. The summed E-state index contributed by atoms with van der Waals surface area (Å²) in [6, 6.07) is 12.1. The van der Waals surface area contributed by atoms with Gasteiger partial charge in [-0.3, -0.25) is 24.6 Å². The lowest BCUT2D eigenvalue weighted by molar-refractivity contribution is -0.380. The van der Waals surface area contributed by atoms with Gasteiger partial charge < -0.3 is 10.6 Å². The smallest absolute Gasteiger partial charge is 0.324 e. The van der Waals surface area contributed by atoms with Crippen molar-refractivity contribution in [3.05, 3.63) is 57.5 Å². The van der Waals surface area contributed by atoms with Crippen molar-refractivity contribution in [1.29, 1.82) is 0 Å². The number of para-hydroxylation sites is 1. The molecule has 0 aliphatic carbocycles. The Morgan fingerprint density at radius 2 is 1.85 bits per heavy atom. The van der Waals surface area contributed by atoms with Crippen LogP contribution in [0, 0.1) is 10.1 Å². The molecule has 1 fully saturated rings. The summed E-state index contributed by atoms with van der Waals surface area (Å²) in [6.45, 7) is 1.72. The lowest BCUT2D eigenvalue weighted by atomic mass is 10.0. The molecule has 2 aromatic rings. The van der Waals surface area contributed by atoms with Gasteiger partial charge in [0.1, 0.15) is 0 Å². The summed E-state index contributed by atoms with van der Waals surface area (Å²) in [5.74, 6) is -0.344. The third-order valence-electron chi connectivity index (χ3n) is 4.34. The molecule has 1 aliphatic heterocycles. The number of rotatable bonds is 6. The maximum Gasteiger partial charge on any atom is 0.324 e. The molecular formula is C18H20N4O4S. The average molecular weight is 388 g/mol. The highest BCUT2D eigenvalue weighted by Crippen LogP contribution is 2.24. The molecule has 2 N–H and O–H groups in total. The number of nitro groups is 1. The van der Waals surface area contributed by atoms with Crippen LogP contribution >= 0.6 is 11.3 Å². The van der Waals surface area contributed by atoms with Gasteiger partial charge in [-0.1, -0.05) is 29.5 Å². The largest absolute Gasteiger partial charge is 0.349 e.